The molecule has 0 aliphatic rings. The summed E-state index contributed by atoms with van der Waals surface area (Å²) in [5.74, 6) is 0.573. The quantitative estimate of drug-likeness (QED) is 0.840. The molecule has 1 aromatic rings. The minimum atomic E-state index is -1.51. The smallest absolute Gasteiger partial charge is 0.136 e. The second kappa shape index (κ2) is 4.33. The first-order valence-corrected chi connectivity index (χ1v) is 5.92. The average molecular weight is 227 g/mol. The van der Waals surface area contributed by atoms with E-state index in [1.54, 1.807) is 13.2 Å². The van der Waals surface area contributed by atoms with Gasteiger partial charge in [0, 0.05) is 0 Å². The van der Waals surface area contributed by atoms with Gasteiger partial charge in [-0.3, -0.25) is 0 Å². The lowest BCUT2D eigenvalue weighted by atomic mass is 9.87. The van der Waals surface area contributed by atoms with Crippen LogP contribution in [-0.4, -0.2) is 11.3 Å². The first-order valence-electron chi connectivity index (χ1n) is 4.71. The molecule has 4 heteroatoms. The van der Waals surface area contributed by atoms with Gasteiger partial charge in [-0.15, -0.1) is 0 Å². The van der Waals surface area contributed by atoms with Gasteiger partial charge in [0.05, 0.1) is 12.0 Å². The van der Waals surface area contributed by atoms with Gasteiger partial charge >= 0.3 is 0 Å². The monoisotopic (exact) mass is 227 g/mol. The minimum Gasteiger partial charge on any atom is -0.495 e. The molecule has 0 spiro atoms. The number of hydrogen-bond acceptors (Lipinski definition) is 2. The molecule has 1 unspecified atom stereocenters. The van der Waals surface area contributed by atoms with Crippen molar-refractivity contribution in [3.8, 4) is 5.75 Å². The predicted octanol–water partition coefficient (Wildman–Crippen LogP) is 1.97. The van der Waals surface area contributed by atoms with Crippen LogP contribution >= 0.6 is 0 Å². The normalized spacial score (nSPS) is 13.7. The number of methoxy groups -OCH3 is 1. The highest BCUT2D eigenvalue weighted by molar-refractivity contribution is 7.82. The van der Waals surface area contributed by atoms with E-state index in [0.29, 0.717) is 10.6 Å². The first kappa shape index (κ1) is 12.2. The van der Waals surface area contributed by atoms with Gasteiger partial charge in [-0.05, 0) is 23.1 Å². The van der Waals surface area contributed by atoms with Gasteiger partial charge in [0.25, 0.3) is 0 Å². The van der Waals surface area contributed by atoms with Crippen molar-refractivity contribution in [3.05, 3.63) is 23.8 Å². The number of nitrogens with two attached hydrogens (primary N) is 1. The lowest BCUT2D eigenvalue weighted by Crippen LogP contribution is -2.13. The molecular weight excluding hydrogens is 210 g/mol. The summed E-state index contributed by atoms with van der Waals surface area (Å²) in [5, 5.41) is 5.39. The topological polar surface area (TPSA) is 52.3 Å². The van der Waals surface area contributed by atoms with Crippen LogP contribution in [-0.2, 0) is 16.4 Å². The Hall–Kier alpha value is -0.870. The molecule has 0 aliphatic heterocycles. The Morgan fingerprint density at radius 1 is 1.33 bits per heavy atom. The second-order valence-corrected chi connectivity index (χ2v) is 5.45. The fourth-order valence-corrected chi connectivity index (χ4v) is 1.89. The molecule has 0 aliphatic carbocycles. The van der Waals surface area contributed by atoms with Gasteiger partial charge < -0.3 is 4.74 Å². The number of benzene rings is 1. The van der Waals surface area contributed by atoms with E-state index in [1.165, 1.54) is 0 Å². The van der Waals surface area contributed by atoms with Crippen LogP contribution in [0.15, 0.2) is 23.1 Å². The van der Waals surface area contributed by atoms with Crippen molar-refractivity contribution in [2.75, 3.05) is 7.11 Å². The van der Waals surface area contributed by atoms with Crippen molar-refractivity contribution in [1.29, 1.82) is 0 Å². The van der Waals surface area contributed by atoms with Crippen LogP contribution in [0.4, 0.5) is 0 Å². The largest absolute Gasteiger partial charge is 0.495 e. The van der Waals surface area contributed by atoms with Crippen LogP contribution in [0.5, 0.6) is 5.75 Å². The van der Waals surface area contributed by atoms with E-state index < -0.39 is 11.0 Å². The molecule has 0 aromatic heterocycles. The maximum Gasteiger partial charge on any atom is 0.136 e. The van der Waals surface area contributed by atoms with Gasteiger partial charge in [0.1, 0.15) is 16.7 Å². The summed E-state index contributed by atoms with van der Waals surface area (Å²) in [6.45, 7) is 6.29. The first-order chi connectivity index (χ1) is 6.86. The highest BCUT2D eigenvalue weighted by atomic mass is 32.2. The third kappa shape index (κ3) is 2.79. The Kier molecular flexibility index (Phi) is 3.52. The summed E-state index contributed by atoms with van der Waals surface area (Å²) in [4.78, 5) is 0.546. The molecule has 84 valence electrons. The van der Waals surface area contributed by atoms with Crippen LogP contribution in [0.1, 0.15) is 26.3 Å². The Balaban J connectivity index is 3.28. The number of ether oxygens (including phenoxy) is 1. The standard InChI is InChI=1S/C11H17NO2S/c1-11(2,3)8-5-6-9(14-4)10(7-8)15(12)13/h5-7H,12H2,1-4H3. The van der Waals surface area contributed by atoms with E-state index in [1.807, 2.05) is 12.1 Å². The molecule has 1 aromatic carbocycles. The van der Waals surface area contributed by atoms with E-state index in [9.17, 15) is 4.21 Å². The van der Waals surface area contributed by atoms with Crippen molar-refractivity contribution in [2.24, 2.45) is 5.14 Å². The summed E-state index contributed by atoms with van der Waals surface area (Å²) in [7, 11) is 0.0336. The summed E-state index contributed by atoms with van der Waals surface area (Å²) in [6, 6.07) is 5.62. The van der Waals surface area contributed by atoms with Crippen LogP contribution in [0.2, 0.25) is 0 Å². The third-order valence-corrected chi connectivity index (χ3v) is 3.00. The van der Waals surface area contributed by atoms with Gasteiger partial charge in [-0.25, -0.2) is 9.35 Å². The van der Waals surface area contributed by atoms with Crippen molar-refractivity contribution >= 4 is 11.0 Å². The molecular formula is C11H17NO2S. The molecule has 1 atom stereocenters. The lowest BCUT2D eigenvalue weighted by Gasteiger charge is -2.20. The summed E-state index contributed by atoms with van der Waals surface area (Å²) < 4.78 is 16.4. The molecule has 15 heavy (non-hydrogen) atoms. The van der Waals surface area contributed by atoms with E-state index in [0.717, 1.165) is 5.56 Å². The highest BCUT2D eigenvalue weighted by Gasteiger charge is 2.17. The highest BCUT2D eigenvalue weighted by Crippen LogP contribution is 2.28. The van der Waals surface area contributed by atoms with Crippen molar-refractivity contribution < 1.29 is 8.95 Å². The van der Waals surface area contributed by atoms with Gasteiger partial charge in [0.15, 0.2) is 0 Å². The van der Waals surface area contributed by atoms with E-state index in [4.69, 9.17) is 9.88 Å². The molecule has 0 saturated carbocycles. The second-order valence-electron chi connectivity index (χ2n) is 4.41. The molecule has 0 heterocycles. The predicted molar refractivity (Wildman–Crippen MR) is 62.3 cm³/mol. The van der Waals surface area contributed by atoms with E-state index in [2.05, 4.69) is 20.8 Å². The summed E-state index contributed by atoms with van der Waals surface area (Å²) >= 11 is 0. The molecule has 0 radical (unpaired) electrons. The molecule has 0 amide bonds. The van der Waals surface area contributed by atoms with Crippen LogP contribution in [0.25, 0.3) is 0 Å². The van der Waals surface area contributed by atoms with Gasteiger partial charge in [0.2, 0.25) is 0 Å². The fraction of sp³-hybridized carbons (Fsp3) is 0.455. The van der Waals surface area contributed by atoms with E-state index >= 15 is 0 Å². The molecule has 1 rings (SSSR count). The summed E-state index contributed by atoms with van der Waals surface area (Å²) in [6.07, 6.45) is 0. The third-order valence-electron chi connectivity index (χ3n) is 2.25. The van der Waals surface area contributed by atoms with Crippen LogP contribution in [0.3, 0.4) is 0 Å². The van der Waals surface area contributed by atoms with Crippen LogP contribution < -0.4 is 9.88 Å². The van der Waals surface area contributed by atoms with Gasteiger partial charge in [-0.2, -0.15) is 0 Å². The Bertz CT molecular complexity index is 383. The van der Waals surface area contributed by atoms with Crippen molar-refractivity contribution in [2.45, 2.75) is 31.1 Å². The molecule has 0 saturated heterocycles. The maximum atomic E-state index is 11.3. The lowest BCUT2D eigenvalue weighted by molar-refractivity contribution is 0.403. The molecule has 3 nitrogen and oxygen atoms in total. The zero-order valence-corrected chi connectivity index (χ0v) is 10.4. The average Bonchev–Trinajstić information content (AvgIpc) is 2.15. The molecule has 0 bridgehead atoms. The Morgan fingerprint density at radius 3 is 2.33 bits per heavy atom. The van der Waals surface area contributed by atoms with Gasteiger partial charge in [-0.1, -0.05) is 26.8 Å². The SMILES string of the molecule is COc1ccc(C(C)(C)C)cc1S(N)=O. The van der Waals surface area contributed by atoms with Crippen LogP contribution in [0, 0.1) is 0 Å². The summed E-state index contributed by atoms with van der Waals surface area (Å²) in [5.41, 5.74) is 1.11. The minimum absolute atomic E-state index is 0.0143. The molecule has 0 fully saturated rings. The zero-order chi connectivity index (χ0) is 11.6. The molecule has 2 N–H and O–H groups in total. The van der Waals surface area contributed by atoms with Crippen molar-refractivity contribution in [3.63, 3.8) is 0 Å². The zero-order valence-electron chi connectivity index (χ0n) is 9.53. The number of hydrogen-bond donors (Lipinski definition) is 1. The Morgan fingerprint density at radius 2 is 1.93 bits per heavy atom. The van der Waals surface area contributed by atoms with Crippen molar-refractivity contribution in [1.82, 2.24) is 0 Å². The fourth-order valence-electron chi connectivity index (χ4n) is 1.30. The Labute approximate surface area is 93.2 Å². The number of rotatable bonds is 2. The maximum absolute atomic E-state index is 11.3. The van der Waals surface area contributed by atoms with E-state index in [-0.39, 0.29) is 5.41 Å².